The van der Waals surface area contributed by atoms with E-state index in [1.807, 2.05) is 48.5 Å². The standard InChI is InChI=1S/C20H21BrN2O4S/c1-26-17-8-7-15(11-16(17)21)19-23(9-10-28-19)18(24)12-22-20(25)27-13-14-5-3-2-4-6-14/h2-8,11,19H,9-10,12-13H2,1H3,(H,22,25). The van der Waals surface area contributed by atoms with Gasteiger partial charge < -0.3 is 19.7 Å². The van der Waals surface area contributed by atoms with Crippen LogP contribution in [0.25, 0.3) is 0 Å². The Bertz CT molecular complexity index is 834. The van der Waals surface area contributed by atoms with Gasteiger partial charge in [-0.25, -0.2) is 4.79 Å². The monoisotopic (exact) mass is 464 g/mol. The molecular weight excluding hydrogens is 444 g/mol. The number of amides is 2. The topological polar surface area (TPSA) is 67.9 Å². The number of nitrogens with zero attached hydrogens (tertiary/aromatic N) is 1. The number of hydrogen-bond donors (Lipinski definition) is 1. The van der Waals surface area contributed by atoms with E-state index in [0.717, 1.165) is 27.1 Å². The fourth-order valence-corrected chi connectivity index (χ4v) is 4.69. The van der Waals surface area contributed by atoms with Gasteiger partial charge in [0.25, 0.3) is 0 Å². The molecule has 1 atom stereocenters. The summed E-state index contributed by atoms with van der Waals surface area (Å²) < 4.78 is 11.3. The molecule has 1 N–H and O–H groups in total. The SMILES string of the molecule is COc1ccc(C2SCCN2C(=O)CNC(=O)OCc2ccccc2)cc1Br. The van der Waals surface area contributed by atoms with E-state index in [9.17, 15) is 9.59 Å². The van der Waals surface area contributed by atoms with E-state index in [2.05, 4.69) is 21.2 Å². The van der Waals surface area contributed by atoms with Gasteiger partial charge in [0.05, 0.1) is 11.6 Å². The lowest BCUT2D eigenvalue weighted by Gasteiger charge is -2.24. The van der Waals surface area contributed by atoms with Gasteiger partial charge in [-0.05, 0) is 39.2 Å². The number of ether oxygens (including phenoxy) is 2. The third kappa shape index (κ3) is 5.20. The molecule has 0 bridgehead atoms. The second-order valence-corrected chi connectivity index (χ2v) is 8.16. The highest BCUT2D eigenvalue weighted by Crippen LogP contribution is 2.40. The average molecular weight is 465 g/mol. The van der Waals surface area contributed by atoms with Crippen LogP contribution in [0.3, 0.4) is 0 Å². The fourth-order valence-electron chi connectivity index (χ4n) is 2.86. The maximum atomic E-state index is 12.6. The van der Waals surface area contributed by atoms with Crippen LogP contribution in [0.1, 0.15) is 16.5 Å². The Labute approximate surface area is 176 Å². The number of alkyl carbamates (subject to hydrolysis) is 1. The van der Waals surface area contributed by atoms with E-state index >= 15 is 0 Å². The van der Waals surface area contributed by atoms with E-state index in [4.69, 9.17) is 9.47 Å². The number of nitrogens with one attached hydrogen (secondary N) is 1. The maximum Gasteiger partial charge on any atom is 0.407 e. The van der Waals surface area contributed by atoms with E-state index in [1.54, 1.807) is 23.8 Å². The molecule has 2 amide bonds. The van der Waals surface area contributed by atoms with Gasteiger partial charge in [0.15, 0.2) is 0 Å². The molecule has 0 spiro atoms. The molecule has 8 heteroatoms. The van der Waals surface area contributed by atoms with Crippen LogP contribution in [0.15, 0.2) is 53.0 Å². The smallest absolute Gasteiger partial charge is 0.407 e. The zero-order valence-corrected chi connectivity index (χ0v) is 17.8. The molecule has 0 saturated carbocycles. The van der Waals surface area contributed by atoms with E-state index in [-0.39, 0.29) is 24.4 Å². The number of thioether (sulfide) groups is 1. The molecule has 2 aromatic carbocycles. The van der Waals surface area contributed by atoms with E-state index in [1.165, 1.54) is 0 Å². The number of carbonyl (C=O) groups excluding carboxylic acids is 2. The highest BCUT2D eigenvalue weighted by atomic mass is 79.9. The Hall–Kier alpha value is -2.19. The molecule has 0 aliphatic carbocycles. The number of rotatable bonds is 6. The van der Waals surface area contributed by atoms with Crippen molar-refractivity contribution in [3.8, 4) is 5.75 Å². The molecule has 1 heterocycles. The minimum absolute atomic E-state index is 0.0863. The first-order chi connectivity index (χ1) is 13.6. The van der Waals surface area contributed by atoms with E-state index in [0.29, 0.717) is 6.54 Å². The first-order valence-corrected chi connectivity index (χ1v) is 10.6. The second kappa shape index (κ2) is 9.84. The van der Waals surface area contributed by atoms with Gasteiger partial charge in [0.1, 0.15) is 24.3 Å². The summed E-state index contributed by atoms with van der Waals surface area (Å²) in [6.45, 7) is 0.712. The van der Waals surface area contributed by atoms with Crippen LogP contribution < -0.4 is 10.1 Å². The fraction of sp³-hybridized carbons (Fsp3) is 0.300. The lowest BCUT2D eigenvalue weighted by Crippen LogP contribution is -2.40. The summed E-state index contributed by atoms with van der Waals surface area (Å²) in [4.78, 5) is 26.3. The first-order valence-electron chi connectivity index (χ1n) is 8.77. The number of halogens is 1. The molecule has 0 radical (unpaired) electrons. The van der Waals surface area contributed by atoms with Gasteiger partial charge in [0, 0.05) is 12.3 Å². The van der Waals surface area contributed by atoms with Gasteiger partial charge in [-0.3, -0.25) is 4.79 Å². The molecular formula is C20H21BrN2O4S. The minimum Gasteiger partial charge on any atom is -0.496 e. The largest absolute Gasteiger partial charge is 0.496 e. The molecule has 3 rings (SSSR count). The van der Waals surface area contributed by atoms with Crippen LogP contribution in [0.4, 0.5) is 4.79 Å². The molecule has 1 fully saturated rings. The summed E-state index contributed by atoms with van der Waals surface area (Å²) in [6.07, 6.45) is -0.604. The normalized spacial score (nSPS) is 15.9. The molecule has 1 aliphatic heterocycles. The van der Waals surface area contributed by atoms with Crippen molar-refractivity contribution in [1.82, 2.24) is 10.2 Å². The summed E-state index contributed by atoms with van der Waals surface area (Å²) >= 11 is 5.18. The van der Waals surface area contributed by atoms with Crippen LogP contribution in [-0.4, -0.2) is 42.9 Å². The van der Waals surface area contributed by atoms with Crippen molar-refractivity contribution in [3.05, 3.63) is 64.1 Å². The molecule has 1 aliphatic rings. The predicted octanol–water partition coefficient (Wildman–Crippen LogP) is 3.96. The summed E-state index contributed by atoms with van der Waals surface area (Å²) in [5, 5.41) is 2.45. The molecule has 148 valence electrons. The number of hydrogen-bond acceptors (Lipinski definition) is 5. The van der Waals surface area contributed by atoms with Crippen molar-refractivity contribution < 1.29 is 19.1 Å². The molecule has 0 aromatic heterocycles. The zero-order chi connectivity index (χ0) is 19.9. The molecule has 6 nitrogen and oxygen atoms in total. The summed E-state index contributed by atoms with van der Waals surface area (Å²) in [5.41, 5.74) is 1.90. The second-order valence-electron chi connectivity index (χ2n) is 6.12. The van der Waals surface area contributed by atoms with Crippen LogP contribution >= 0.6 is 27.7 Å². The first kappa shape index (κ1) is 20.5. The van der Waals surface area contributed by atoms with Crippen molar-refractivity contribution in [2.75, 3.05) is 26.0 Å². The van der Waals surface area contributed by atoms with Crippen molar-refractivity contribution in [1.29, 1.82) is 0 Å². The maximum absolute atomic E-state index is 12.6. The van der Waals surface area contributed by atoms with Gasteiger partial charge in [-0.15, -0.1) is 11.8 Å². The molecule has 2 aromatic rings. The Morgan fingerprint density at radius 3 is 2.75 bits per heavy atom. The van der Waals surface area contributed by atoms with Crippen molar-refractivity contribution >= 4 is 39.7 Å². The number of carbonyl (C=O) groups is 2. The molecule has 1 saturated heterocycles. The summed E-state index contributed by atoms with van der Waals surface area (Å²) in [7, 11) is 1.61. The zero-order valence-electron chi connectivity index (χ0n) is 15.4. The van der Waals surface area contributed by atoms with Crippen LogP contribution in [0, 0.1) is 0 Å². The highest BCUT2D eigenvalue weighted by Gasteiger charge is 2.31. The van der Waals surface area contributed by atoms with Gasteiger partial charge >= 0.3 is 6.09 Å². The Morgan fingerprint density at radius 2 is 2.04 bits per heavy atom. The van der Waals surface area contributed by atoms with Gasteiger partial charge in [-0.2, -0.15) is 0 Å². The van der Waals surface area contributed by atoms with Gasteiger partial charge in [-0.1, -0.05) is 36.4 Å². The Balaban J connectivity index is 1.53. The molecule has 28 heavy (non-hydrogen) atoms. The number of methoxy groups -OCH3 is 1. The lowest BCUT2D eigenvalue weighted by molar-refractivity contribution is -0.130. The van der Waals surface area contributed by atoms with Crippen molar-refractivity contribution in [2.24, 2.45) is 0 Å². The van der Waals surface area contributed by atoms with Crippen molar-refractivity contribution in [2.45, 2.75) is 12.0 Å². The summed E-state index contributed by atoms with van der Waals surface area (Å²) in [6, 6.07) is 15.2. The van der Waals surface area contributed by atoms with Crippen LogP contribution in [0.2, 0.25) is 0 Å². The third-order valence-electron chi connectivity index (χ3n) is 4.27. The van der Waals surface area contributed by atoms with Crippen LogP contribution in [-0.2, 0) is 16.1 Å². The van der Waals surface area contributed by atoms with Crippen molar-refractivity contribution in [3.63, 3.8) is 0 Å². The van der Waals surface area contributed by atoms with Crippen LogP contribution in [0.5, 0.6) is 5.75 Å². The quantitative estimate of drug-likeness (QED) is 0.700. The third-order valence-corrected chi connectivity index (χ3v) is 6.15. The minimum atomic E-state index is -0.604. The van der Waals surface area contributed by atoms with E-state index < -0.39 is 6.09 Å². The highest BCUT2D eigenvalue weighted by molar-refractivity contribution is 9.10. The summed E-state index contributed by atoms with van der Waals surface area (Å²) in [5.74, 6) is 1.45. The number of benzene rings is 2. The molecule has 1 unspecified atom stereocenters. The Morgan fingerprint density at radius 1 is 1.25 bits per heavy atom. The Kier molecular flexibility index (Phi) is 7.22. The lowest BCUT2D eigenvalue weighted by atomic mass is 10.2. The average Bonchev–Trinajstić information content (AvgIpc) is 3.21. The predicted molar refractivity (Wildman–Crippen MR) is 112 cm³/mol. The van der Waals surface area contributed by atoms with Gasteiger partial charge in [0.2, 0.25) is 5.91 Å².